The Bertz CT molecular complexity index is 602. The molecule has 0 amide bonds. The second kappa shape index (κ2) is 6.95. The highest BCUT2D eigenvalue weighted by atomic mass is 16.5. The number of ether oxygens (including phenoxy) is 3. The number of benzene rings is 1. The predicted molar refractivity (Wildman–Crippen MR) is 81.2 cm³/mol. The van der Waals surface area contributed by atoms with Crippen molar-refractivity contribution in [2.24, 2.45) is 0 Å². The molecule has 2 rings (SSSR count). The van der Waals surface area contributed by atoms with E-state index >= 15 is 0 Å². The number of nitrogens with one attached hydrogen (secondary N) is 1. The maximum Gasteiger partial charge on any atom is 0.142 e. The quantitative estimate of drug-likeness (QED) is 0.884. The van der Waals surface area contributed by atoms with Crippen LogP contribution in [0.5, 0.6) is 17.2 Å². The first-order chi connectivity index (χ1) is 10.2. The SMILES string of the molecule is CNC(c1cc(OC)ccc1OC)c1ncccc1OC. The normalized spacial score (nSPS) is 11.8. The minimum atomic E-state index is -0.161. The molecule has 5 heteroatoms. The highest BCUT2D eigenvalue weighted by Gasteiger charge is 2.22. The average molecular weight is 288 g/mol. The molecule has 2 aromatic rings. The van der Waals surface area contributed by atoms with Crippen LogP contribution in [0, 0.1) is 0 Å². The van der Waals surface area contributed by atoms with Crippen LogP contribution in [-0.4, -0.2) is 33.4 Å². The number of rotatable bonds is 6. The van der Waals surface area contributed by atoms with Gasteiger partial charge in [0, 0.05) is 11.8 Å². The Hall–Kier alpha value is -2.27. The maximum atomic E-state index is 5.46. The Kier molecular flexibility index (Phi) is 5.00. The van der Waals surface area contributed by atoms with Gasteiger partial charge >= 0.3 is 0 Å². The molecule has 1 aromatic heterocycles. The number of pyridine rings is 1. The Morgan fingerprint density at radius 1 is 1.00 bits per heavy atom. The summed E-state index contributed by atoms with van der Waals surface area (Å²) < 4.78 is 16.2. The van der Waals surface area contributed by atoms with Gasteiger partial charge in [-0.05, 0) is 37.4 Å². The van der Waals surface area contributed by atoms with Crippen molar-refractivity contribution in [1.82, 2.24) is 10.3 Å². The van der Waals surface area contributed by atoms with E-state index in [0.29, 0.717) is 0 Å². The number of aromatic nitrogens is 1. The number of hydrogen-bond acceptors (Lipinski definition) is 5. The molecule has 1 N–H and O–H groups in total. The van der Waals surface area contributed by atoms with Crippen LogP contribution >= 0.6 is 0 Å². The van der Waals surface area contributed by atoms with E-state index in [1.807, 2.05) is 37.4 Å². The lowest BCUT2D eigenvalue weighted by Gasteiger charge is -2.21. The van der Waals surface area contributed by atoms with Crippen LogP contribution < -0.4 is 19.5 Å². The van der Waals surface area contributed by atoms with Crippen LogP contribution in [0.2, 0.25) is 0 Å². The highest BCUT2D eigenvalue weighted by Crippen LogP contribution is 2.35. The largest absolute Gasteiger partial charge is 0.497 e. The molecule has 1 heterocycles. The van der Waals surface area contributed by atoms with Crippen molar-refractivity contribution in [3.63, 3.8) is 0 Å². The Morgan fingerprint density at radius 2 is 1.76 bits per heavy atom. The molecule has 0 saturated carbocycles. The van der Waals surface area contributed by atoms with Gasteiger partial charge in [0.2, 0.25) is 0 Å². The second-order valence-corrected chi connectivity index (χ2v) is 4.42. The molecule has 1 aromatic carbocycles. The van der Waals surface area contributed by atoms with Gasteiger partial charge in [-0.25, -0.2) is 0 Å². The molecule has 0 radical (unpaired) electrons. The van der Waals surface area contributed by atoms with Gasteiger partial charge in [-0.1, -0.05) is 0 Å². The molecule has 0 spiro atoms. The number of hydrogen-bond donors (Lipinski definition) is 1. The van der Waals surface area contributed by atoms with E-state index in [2.05, 4.69) is 10.3 Å². The van der Waals surface area contributed by atoms with Crippen LogP contribution in [0.1, 0.15) is 17.3 Å². The molecule has 5 nitrogen and oxygen atoms in total. The van der Waals surface area contributed by atoms with Crippen molar-refractivity contribution in [3.8, 4) is 17.2 Å². The first-order valence-corrected chi connectivity index (χ1v) is 6.63. The Morgan fingerprint density at radius 3 is 2.38 bits per heavy atom. The van der Waals surface area contributed by atoms with E-state index in [4.69, 9.17) is 14.2 Å². The van der Waals surface area contributed by atoms with Crippen molar-refractivity contribution in [2.45, 2.75) is 6.04 Å². The topological polar surface area (TPSA) is 52.6 Å². The van der Waals surface area contributed by atoms with E-state index in [1.165, 1.54) is 0 Å². The van der Waals surface area contributed by atoms with Crippen molar-refractivity contribution in [3.05, 3.63) is 47.8 Å². The molecule has 0 aliphatic rings. The van der Waals surface area contributed by atoms with Gasteiger partial charge in [0.25, 0.3) is 0 Å². The zero-order valence-corrected chi connectivity index (χ0v) is 12.7. The summed E-state index contributed by atoms with van der Waals surface area (Å²) in [5.41, 5.74) is 1.74. The van der Waals surface area contributed by atoms with Crippen molar-refractivity contribution in [2.75, 3.05) is 28.4 Å². The zero-order valence-electron chi connectivity index (χ0n) is 12.7. The first kappa shape index (κ1) is 15.1. The lowest BCUT2D eigenvalue weighted by Crippen LogP contribution is -2.20. The lowest BCUT2D eigenvalue weighted by molar-refractivity contribution is 0.387. The predicted octanol–water partition coefficient (Wildman–Crippen LogP) is 2.42. The fraction of sp³-hybridized carbons (Fsp3) is 0.312. The van der Waals surface area contributed by atoms with Crippen molar-refractivity contribution in [1.29, 1.82) is 0 Å². The van der Waals surface area contributed by atoms with Crippen molar-refractivity contribution < 1.29 is 14.2 Å². The molecule has 0 aliphatic heterocycles. The van der Waals surface area contributed by atoms with Gasteiger partial charge in [0.15, 0.2) is 0 Å². The van der Waals surface area contributed by atoms with Crippen LogP contribution in [0.4, 0.5) is 0 Å². The van der Waals surface area contributed by atoms with E-state index in [9.17, 15) is 0 Å². The minimum Gasteiger partial charge on any atom is -0.497 e. The summed E-state index contributed by atoms with van der Waals surface area (Å²) in [5.74, 6) is 2.26. The molecule has 1 atom stereocenters. The van der Waals surface area contributed by atoms with Crippen LogP contribution in [-0.2, 0) is 0 Å². The molecular weight excluding hydrogens is 268 g/mol. The third-order valence-electron chi connectivity index (χ3n) is 3.33. The Balaban J connectivity index is 2.55. The molecule has 21 heavy (non-hydrogen) atoms. The van der Waals surface area contributed by atoms with E-state index in [-0.39, 0.29) is 6.04 Å². The van der Waals surface area contributed by atoms with E-state index in [0.717, 1.165) is 28.5 Å². The van der Waals surface area contributed by atoms with Gasteiger partial charge in [0.05, 0.1) is 27.4 Å². The number of methoxy groups -OCH3 is 3. The van der Waals surface area contributed by atoms with Gasteiger partial charge in [-0.2, -0.15) is 0 Å². The second-order valence-electron chi connectivity index (χ2n) is 4.42. The first-order valence-electron chi connectivity index (χ1n) is 6.63. The summed E-state index contributed by atoms with van der Waals surface area (Å²) in [6.45, 7) is 0. The summed E-state index contributed by atoms with van der Waals surface area (Å²) in [6, 6.07) is 9.26. The lowest BCUT2D eigenvalue weighted by atomic mass is 10.0. The molecular formula is C16H20N2O3. The standard InChI is InChI=1S/C16H20N2O3/c1-17-15(16-14(21-4)6-5-9-18-16)12-10-11(19-2)7-8-13(12)20-3/h5-10,15,17H,1-4H3. The Labute approximate surface area is 124 Å². The third kappa shape index (κ3) is 3.08. The maximum absolute atomic E-state index is 5.46. The van der Waals surface area contributed by atoms with Crippen molar-refractivity contribution >= 4 is 0 Å². The number of nitrogens with zero attached hydrogens (tertiary/aromatic N) is 1. The fourth-order valence-corrected chi connectivity index (χ4v) is 2.30. The molecule has 0 aliphatic carbocycles. The van der Waals surface area contributed by atoms with E-state index in [1.54, 1.807) is 27.5 Å². The van der Waals surface area contributed by atoms with Gasteiger partial charge in [-0.3, -0.25) is 4.98 Å². The average Bonchev–Trinajstić information content (AvgIpc) is 2.55. The molecule has 0 fully saturated rings. The summed E-state index contributed by atoms with van der Waals surface area (Å²) in [6.07, 6.45) is 1.74. The summed E-state index contributed by atoms with van der Waals surface area (Å²) in [4.78, 5) is 4.44. The molecule has 0 saturated heterocycles. The minimum absolute atomic E-state index is 0.161. The smallest absolute Gasteiger partial charge is 0.142 e. The summed E-state index contributed by atoms with van der Waals surface area (Å²) in [7, 11) is 6.79. The van der Waals surface area contributed by atoms with Crippen LogP contribution in [0.25, 0.3) is 0 Å². The van der Waals surface area contributed by atoms with E-state index < -0.39 is 0 Å². The van der Waals surface area contributed by atoms with Crippen LogP contribution in [0.15, 0.2) is 36.5 Å². The molecule has 1 unspecified atom stereocenters. The zero-order chi connectivity index (χ0) is 15.2. The summed E-state index contributed by atoms with van der Waals surface area (Å²) in [5, 5.41) is 3.26. The summed E-state index contributed by atoms with van der Waals surface area (Å²) >= 11 is 0. The monoisotopic (exact) mass is 288 g/mol. The molecule has 112 valence electrons. The third-order valence-corrected chi connectivity index (χ3v) is 3.33. The van der Waals surface area contributed by atoms with Gasteiger partial charge < -0.3 is 19.5 Å². The van der Waals surface area contributed by atoms with Gasteiger partial charge in [0.1, 0.15) is 22.9 Å². The van der Waals surface area contributed by atoms with Crippen LogP contribution in [0.3, 0.4) is 0 Å². The fourth-order valence-electron chi connectivity index (χ4n) is 2.30. The van der Waals surface area contributed by atoms with Gasteiger partial charge in [-0.15, -0.1) is 0 Å². The highest BCUT2D eigenvalue weighted by molar-refractivity contribution is 5.47. The molecule has 0 bridgehead atoms.